The molecule has 0 saturated carbocycles. The molecule has 1 heterocycles. The highest BCUT2D eigenvalue weighted by Crippen LogP contribution is 2.09. The van der Waals surface area contributed by atoms with E-state index in [0.717, 1.165) is 50.9 Å². The van der Waals surface area contributed by atoms with Gasteiger partial charge in [-0.1, -0.05) is 19.1 Å². The second kappa shape index (κ2) is 10.8. The average Bonchev–Trinajstić information content (AvgIpc) is 2.95. The van der Waals surface area contributed by atoms with E-state index in [1.807, 2.05) is 0 Å². The predicted octanol–water partition coefficient (Wildman–Crippen LogP) is 3.00. The van der Waals surface area contributed by atoms with Crippen LogP contribution < -0.4 is 10.6 Å². The summed E-state index contributed by atoms with van der Waals surface area (Å²) >= 11 is 5.71. The largest absolute Gasteiger partial charge is 0.388 e. The zero-order valence-corrected chi connectivity index (χ0v) is 13.6. The van der Waals surface area contributed by atoms with Crippen molar-refractivity contribution in [1.82, 2.24) is 10.6 Å². The minimum absolute atomic E-state index is 0.00740. The molecule has 112 valence electrons. The minimum atomic E-state index is 0.00740. The first-order valence-corrected chi connectivity index (χ1v) is 8.55. The molecule has 0 radical (unpaired) electrons. The number of carbonyl (C=O) groups is 1. The monoisotopic (exact) mass is 312 g/mol. The van der Waals surface area contributed by atoms with Gasteiger partial charge in [-0.15, -0.1) is 11.3 Å². The second-order valence-corrected chi connectivity index (χ2v) is 6.03. The van der Waals surface area contributed by atoms with Crippen LogP contribution in [0.1, 0.15) is 30.6 Å². The maximum atomic E-state index is 11.0. The van der Waals surface area contributed by atoms with Crippen molar-refractivity contribution in [1.29, 1.82) is 0 Å². The summed E-state index contributed by atoms with van der Waals surface area (Å²) in [6.45, 7) is 5.75. The summed E-state index contributed by atoms with van der Waals surface area (Å²) in [7, 11) is 0. The van der Waals surface area contributed by atoms with E-state index in [1.165, 1.54) is 4.88 Å². The number of hydrogen-bond donors (Lipinski definition) is 3. The number of hydrogen-bond acceptors (Lipinski definition) is 4. The molecule has 2 N–H and O–H groups in total. The Bertz CT molecular complexity index is 391. The Morgan fingerprint density at radius 3 is 2.80 bits per heavy atom. The van der Waals surface area contributed by atoms with E-state index in [0.29, 0.717) is 0 Å². The Balaban J connectivity index is 1.91. The van der Waals surface area contributed by atoms with E-state index in [4.69, 9.17) is 0 Å². The Hall–Kier alpha value is -0.940. The van der Waals surface area contributed by atoms with Gasteiger partial charge in [0.25, 0.3) is 0 Å². The van der Waals surface area contributed by atoms with Gasteiger partial charge in [0.2, 0.25) is 5.91 Å². The van der Waals surface area contributed by atoms with Crippen molar-refractivity contribution >= 4 is 29.9 Å². The molecule has 20 heavy (non-hydrogen) atoms. The lowest BCUT2D eigenvalue weighted by atomic mass is 10.1. The third-order valence-electron chi connectivity index (χ3n) is 2.95. The quantitative estimate of drug-likeness (QED) is 0.434. The van der Waals surface area contributed by atoms with E-state index in [2.05, 4.69) is 47.4 Å². The summed E-state index contributed by atoms with van der Waals surface area (Å²) in [5.74, 6) is 0.276. The van der Waals surface area contributed by atoms with Crippen molar-refractivity contribution < 1.29 is 4.79 Å². The zero-order valence-electron chi connectivity index (χ0n) is 11.9. The highest BCUT2D eigenvalue weighted by Gasteiger charge is 1.98. The lowest BCUT2D eigenvalue weighted by molar-refractivity contribution is -0.118. The Morgan fingerprint density at radius 1 is 1.25 bits per heavy atom. The van der Waals surface area contributed by atoms with E-state index in [-0.39, 0.29) is 11.7 Å². The standard InChI is InChI=1S/C15H24N2OS2/c1-13(16-10-8-14-7-5-11-20-14)6-3-2-4-9-17-15(18)12-19/h5,7,11,16,19H,1-4,6,8-10,12H2,(H,17,18). The summed E-state index contributed by atoms with van der Waals surface area (Å²) in [4.78, 5) is 12.4. The molecule has 0 aliphatic rings. The maximum Gasteiger partial charge on any atom is 0.229 e. The lowest BCUT2D eigenvalue weighted by Crippen LogP contribution is -2.25. The normalized spacial score (nSPS) is 10.2. The Kier molecular flexibility index (Phi) is 9.24. The van der Waals surface area contributed by atoms with Crippen molar-refractivity contribution in [2.75, 3.05) is 18.8 Å². The fourth-order valence-corrected chi connectivity index (χ4v) is 2.65. The number of unbranched alkanes of at least 4 members (excludes halogenated alkanes) is 2. The Labute approximate surface area is 131 Å². The van der Waals surface area contributed by atoms with Gasteiger partial charge in [-0.3, -0.25) is 4.79 Å². The smallest absolute Gasteiger partial charge is 0.229 e. The first-order valence-electron chi connectivity index (χ1n) is 7.04. The van der Waals surface area contributed by atoms with Gasteiger partial charge in [0.15, 0.2) is 0 Å². The van der Waals surface area contributed by atoms with Gasteiger partial charge in [-0.2, -0.15) is 12.6 Å². The van der Waals surface area contributed by atoms with Crippen LogP contribution in [0.3, 0.4) is 0 Å². The molecule has 0 atom stereocenters. The third-order valence-corrected chi connectivity index (χ3v) is 4.17. The van der Waals surface area contributed by atoms with Crippen LogP contribution in [-0.2, 0) is 11.2 Å². The second-order valence-electron chi connectivity index (χ2n) is 4.68. The topological polar surface area (TPSA) is 41.1 Å². The molecule has 0 aliphatic carbocycles. The average molecular weight is 313 g/mol. The molecule has 3 nitrogen and oxygen atoms in total. The van der Waals surface area contributed by atoms with Gasteiger partial charge in [0.05, 0.1) is 5.75 Å². The molecule has 0 aliphatic heterocycles. The highest BCUT2D eigenvalue weighted by atomic mass is 32.1. The summed E-state index contributed by atoms with van der Waals surface area (Å²) < 4.78 is 0. The van der Waals surface area contributed by atoms with Crippen LogP contribution in [0.15, 0.2) is 29.8 Å². The molecule has 0 saturated heterocycles. The highest BCUT2D eigenvalue weighted by molar-refractivity contribution is 7.81. The van der Waals surface area contributed by atoms with Gasteiger partial charge in [-0.25, -0.2) is 0 Å². The van der Waals surface area contributed by atoms with Crippen LogP contribution in [-0.4, -0.2) is 24.7 Å². The van der Waals surface area contributed by atoms with Crippen LogP contribution >= 0.6 is 24.0 Å². The summed E-state index contributed by atoms with van der Waals surface area (Å²) in [5, 5.41) is 8.30. The van der Waals surface area contributed by atoms with Gasteiger partial charge in [-0.05, 0) is 37.1 Å². The van der Waals surface area contributed by atoms with Crippen LogP contribution in [0, 0.1) is 0 Å². The van der Waals surface area contributed by atoms with Crippen molar-refractivity contribution in [3.8, 4) is 0 Å². The predicted molar refractivity (Wildman–Crippen MR) is 90.5 cm³/mol. The van der Waals surface area contributed by atoms with Gasteiger partial charge in [0, 0.05) is 23.7 Å². The number of allylic oxidation sites excluding steroid dienone is 1. The fourth-order valence-electron chi connectivity index (χ4n) is 1.83. The number of rotatable bonds is 11. The van der Waals surface area contributed by atoms with Gasteiger partial charge >= 0.3 is 0 Å². The molecule has 1 amide bonds. The number of nitrogens with one attached hydrogen (secondary N) is 2. The van der Waals surface area contributed by atoms with Crippen molar-refractivity contribution in [3.63, 3.8) is 0 Å². The fraction of sp³-hybridized carbons (Fsp3) is 0.533. The number of thiol groups is 1. The van der Waals surface area contributed by atoms with Crippen LogP contribution in [0.2, 0.25) is 0 Å². The molecule has 5 heteroatoms. The SMILES string of the molecule is C=C(CCCCCNC(=O)CS)NCCc1cccs1. The van der Waals surface area contributed by atoms with Crippen LogP contribution in [0.5, 0.6) is 0 Å². The molecule has 0 aromatic carbocycles. The van der Waals surface area contributed by atoms with E-state index in [1.54, 1.807) is 11.3 Å². The maximum absolute atomic E-state index is 11.0. The first-order chi connectivity index (χ1) is 9.72. The first kappa shape index (κ1) is 17.1. The number of carbonyl (C=O) groups excluding carboxylic acids is 1. The molecule has 1 aromatic heterocycles. The molecule has 0 bridgehead atoms. The van der Waals surface area contributed by atoms with Gasteiger partial charge < -0.3 is 10.6 Å². The van der Waals surface area contributed by atoms with E-state index in [9.17, 15) is 4.79 Å². The van der Waals surface area contributed by atoms with E-state index >= 15 is 0 Å². The third kappa shape index (κ3) is 8.27. The zero-order chi connectivity index (χ0) is 14.6. The lowest BCUT2D eigenvalue weighted by Gasteiger charge is -2.09. The van der Waals surface area contributed by atoms with Crippen molar-refractivity contribution in [2.45, 2.75) is 32.1 Å². The summed E-state index contributed by atoms with van der Waals surface area (Å²) in [5.41, 5.74) is 1.11. The van der Waals surface area contributed by atoms with Crippen LogP contribution in [0.25, 0.3) is 0 Å². The number of amides is 1. The van der Waals surface area contributed by atoms with Crippen molar-refractivity contribution in [2.24, 2.45) is 0 Å². The summed E-state index contributed by atoms with van der Waals surface area (Å²) in [6, 6.07) is 4.25. The molecular formula is C15H24N2OS2. The van der Waals surface area contributed by atoms with Gasteiger partial charge in [0.1, 0.15) is 0 Å². The summed E-state index contributed by atoms with van der Waals surface area (Å²) in [6.07, 6.45) is 5.31. The minimum Gasteiger partial charge on any atom is -0.388 e. The Morgan fingerprint density at radius 2 is 2.10 bits per heavy atom. The van der Waals surface area contributed by atoms with Crippen molar-refractivity contribution in [3.05, 3.63) is 34.7 Å². The molecule has 0 spiro atoms. The molecule has 1 rings (SSSR count). The molecular weight excluding hydrogens is 288 g/mol. The molecule has 1 aromatic rings. The number of thiophene rings is 1. The molecule has 0 fully saturated rings. The van der Waals surface area contributed by atoms with E-state index < -0.39 is 0 Å². The molecule has 0 unspecified atom stereocenters. The van der Waals surface area contributed by atoms with Crippen LogP contribution in [0.4, 0.5) is 0 Å².